The van der Waals surface area contributed by atoms with Crippen LogP contribution in [0, 0.1) is 18.3 Å². The number of benzene rings is 2. The lowest BCUT2D eigenvalue weighted by atomic mass is 10.1. The fraction of sp³-hybridized carbons (Fsp3) is 0.300. The molecule has 1 amide bonds. The van der Waals surface area contributed by atoms with Gasteiger partial charge in [0.25, 0.3) is 5.91 Å². The van der Waals surface area contributed by atoms with Crippen molar-refractivity contribution >= 4 is 17.7 Å². The van der Waals surface area contributed by atoms with E-state index in [4.69, 9.17) is 5.26 Å². The van der Waals surface area contributed by atoms with Gasteiger partial charge in [0.05, 0.1) is 11.6 Å². The van der Waals surface area contributed by atoms with Gasteiger partial charge in [0.15, 0.2) is 0 Å². The zero-order chi connectivity index (χ0) is 16.9. The van der Waals surface area contributed by atoms with Gasteiger partial charge in [0.2, 0.25) is 0 Å². The Bertz CT molecular complexity index is 773. The van der Waals surface area contributed by atoms with Crippen LogP contribution in [-0.2, 0) is 0 Å². The molecule has 1 heterocycles. The molecule has 2 aromatic rings. The molecule has 0 radical (unpaired) electrons. The van der Waals surface area contributed by atoms with Crippen molar-refractivity contribution in [1.29, 1.82) is 5.26 Å². The molecule has 24 heavy (non-hydrogen) atoms. The molecular formula is C20H20N2OS. The lowest BCUT2D eigenvalue weighted by Gasteiger charge is -2.32. The van der Waals surface area contributed by atoms with E-state index in [2.05, 4.69) is 37.3 Å². The number of hydrogen-bond donors (Lipinski definition) is 0. The van der Waals surface area contributed by atoms with E-state index in [0.717, 1.165) is 25.9 Å². The Morgan fingerprint density at radius 3 is 2.62 bits per heavy atom. The third-order valence-electron chi connectivity index (χ3n) is 4.36. The van der Waals surface area contributed by atoms with Gasteiger partial charge in [0, 0.05) is 28.8 Å². The number of thioether (sulfide) groups is 1. The first-order valence-electron chi connectivity index (χ1n) is 8.19. The van der Waals surface area contributed by atoms with E-state index in [0.29, 0.717) is 16.4 Å². The minimum absolute atomic E-state index is 0.0337. The third kappa shape index (κ3) is 3.80. The van der Waals surface area contributed by atoms with E-state index in [-0.39, 0.29) is 5.91 Å². The number of hydrogen-bond acceptors (Lipinski definition) is 3. The summed E-state index contributed by atoms with van der Waals surface area (Å²) in [5.41, 5.74) is 2.46. The molecule has 1 saturated heterocycles. The van der Waals surface area contributed by atoms with Crippen LogP contribution in [0.15, 0.2) is 53.4 Å². The van der Waals surface area contributed by atoms with Gasteiger partial charge in [-0.1, -0.05) is 24.3 Å². The maximum atomic E-state index is 12.6. The van der Waals surface area contributed by atoms with E-state index in [9.17, 15) is 4.79 Å². The molecule has 4 heteroatoms. The number of nitriles is 1. The first-order valence-corrected chi connectivity index (χ1v) is 9.07. The number of carbonyl (C=O) groups is 1. The zero-order valence-electron chi connectivity index (χ0n) is 13.7. The number of carbonyl (C=O) groups excluding carboxylic acids is 1. The molecule has 0 bridgehead atoms. The topological polar surface area (TPSA) is 44.1 Å². The normalized spacial score (nSPS) is 15.1. The molecular weight excluding hydrogens is 316 g/mol. The van der Waals surface area contributed by atoms with E-state index in [1.165, 1.54) is 10.5 Å². The van der Waals surface area contributed by atoms with Gasteiger partial charge in [0.1, 0.15) is 0 Å². The van der Waals surface area contributed by atoms with Crippen LogP contribution in [0.3, 0.4) is 0 Å². The van der Waals surface area contributed by atoms with Crippen molar-refractivity contribution in [1.82, 2.24) is 4.90 Å². The number of rotatable bonds is 3. The van der Waals surface area contributed by atoms with Crippen LogP contribution in [0.4, 0.5) is 0 Å². The van der Waals surface area contributed by atoms with Crippen molar-refractivity contribution in [2.24, 2.45) is 0 Å². The lowest BCUT2D eigenvalue weighted by Crippen LogP contribution is -2.39. The summed E-state index contributed by atoms with van der Waals surface area (Å²) < 4.78 is 0. The highest BCUT2D eigenvalue weighted by Crippen LogP contribution is 2.32. The summed E-state index contributed by atoms with van der Waals surface area (Å²) in [4.78, 5) is 15.8. The third-order valence-corrected chi connectivity index (χ3v) is 5.87. The molecule has 0 spiro atoms. The van der Waals surface area contributed by atoms with Crippen LogP contribution in [0.5, 0.6) is 0 Å². The molecule has 0 aliphatic carbocycles. The number of likely N-dealkylation sites (tertiary alicyclic amines) is 1. The number of piperidine rings is 1. The van der Waals surface area contributed by atoms with Crippen molar-refractivity contribution < 1.29 is 4.79 Å². The van der Waals surface area contributed by atoms with Gasteiger partial charge in [-0.15, -0.1) is 11.8 Å². The first kappa shape index (κ1) is 16.6. The predicted octanol–water partition coefficient (Wildman–Crippen LogP) is 4.26. The largest absolute Gasteiger partial charge is 0.339 e. The summed E-state index contributed by atoms with van der Waals surface area (Å²) in [5.74, 6) is 0.0337. The minimum Gasteiger partial charge on any atom is -0.339 e. The Morgan fingerprint density at radius 1 is 1.17 bits per heavy atom. The SMILES string of the molecule is Cc1ccccc1SC1CCN(C(=O)c2cccc(C#N)c2)CC1. The van der Waals surface area contributed by atoms with Gasteiger partial charge in [-0.05, 0) is 49.6 Å². The summed E-state index contributed by atoms with van der Waals surface area (Å²) >= 11 is 1.93. The fourth-order valence-electron chi connectivity index (χ4n) is 2.95. The van der Waals surface area contributed by atoms with Crippen LogP contribution in [0.1, 0.15) is 34.3 Å². The predicted molar refractivity (Wildman–Crippen MR) is 97.1 cm³/mol. The Morgan fingerprint density at radius 2 is 1.92 bits per heavy atom. The second-order valence-electron chi connectivity index (χ2n) is 6.07. The molecule has 0 saturated carbocycles. The highest BCUT2D eigenvalue weighted by molar-refractivity contribution is 8.00. The van der Waals surface area contributed by atoms with Crippen LogP contribution >= 0.6 is 11.8 Å². The average Bonchev–Trinajstić information content (AvgIpc) is 2.64. The van der Waals surface area contributed by atoms with Crippen LogP contribution in [-0.4, -0.2) is 29.1 Å². The number of nitrogens with zero attached hydrogens (tertiary/aromatic N) is 2. The fourth-order valence-corrected chi connectivity index (χ4v) is 4.17. The monoisotopic (exact) mass is 336 g/mol. The number of amides is 1. The Balaban J connectivity index is 1.59. The molecule has 0 atom stereocenters. The van der Waals surface area contributed by atoms with Gasteiger partial charge in [-0.25, -0.2) is 0 Å². The molecule has 122 valence electrons. The van der Waals surface area contributed by atoms with E-state index >= 15 is 0 Å². The molecule has 2 aromatic carbocycles. The van der Waals surface area contributed by atoms with Crippen LogP contribution in [0.25, 0.3) is 0 Å². The van der Waals surface area contributed by atoms with Crippen molar-refractivity contribution in [2.45, 2.75) is 29.9 Å². The molecule has 1 aliphatic rings. The maximum absolute atomic E-state index is 12.6. The summed E-state index contributed by atoms with van der Waals surface area (Å²) in [5, 5.41) is 9.53. The number of aryl methyl sites for hydroxylation is 1. The Kier molecular flexibility index (Phi) is 5.22. The van der Waals surface area contributed by atoms with Crippen LogP contribution < -0.4 is 0 Å². The quantitative estimate of drug-likeness (QED) is 0.841. The highest BCUT2D eigenvalue weighted by Gasteiger charge is 2.24. The lowest BCUT2D eigenvalue weighted by molar-refractivity contribution is 0.0727. The molecule has 0 N–H and O–H groups in total. The average molecular weight is 336 g/mol. The molecule has 3 rings (SSSR count). The maximum Gasteiger partial charge on any atom is 0.253 e. The summed E-state index contributed by atoms with van der Waals surface area (Å²) in [6, 6.07) is 17.5. The van der Waals surface area contributed by atoms with Crippen molar-refractivity contribution in [3.8, 4) is 6.07 Å². The van der Waals surface area contributed by atoms with Crippen molar-refractivity contribution in [3.05, 3.63) is 65.2 Å². The Hall–Kier alpha value is -2.25. The zero-order valence-corrected chi connectivity index (χ0v) is 14.6. The first-order chi connectivity index (χ1) is 11.7. The Labute approximate surface area is 147 Å². The standard InChI is InChI=1S/C20H20N2OS/c1-15-5-2-3-8-19(15)24-18-9-11-22(12-10-18)20(23)17-7-4-6-16(13-17)14-21/h2-8,13,18H,9-12H2,1H3. The van der Waals surface area contributed by atoms with Gasteiger partial charge in [-0.3, -0.25) is 4.79 Å². The minimum atomic E-state index is 0.0337. The second kappa shape index (κ2) is 7.55. The van der Waals surface area contributed by atoms with Crippen molar-refractivity contribution in [2.75, 3.05) is 13.1 Å². The highest BCUT2D eigenvalue weighted by atomic mass is 32.2. The molecule has 0 aromatic heterocycles. The van der Waals surface area contributed by atoms with Gasteiger partial charge < -0.3 is 4.90 Å². The molecule has 0 unspecified atom stereocenters. The summed E-state index contributed by atoms with van der Waals surface area (Å²) in [6.07, 6.45) is 2.01. The molecule has 1 aliphatic heterocycles. The van der Waals surface area contributed by atoms with Gasteiger partial charge >= 0.3 is 0 Å². The van der Waals surface area contributed by atoms with E-state index in [1.54, 1.807) is 24.3 Å². The molecule has 1 fully saturated rings. The van der Waals surface area contributed by atoms with Crippen LogP contribution in [0.2, 0.25) is 0 Å². The van der Waals surface area contributed by atoms with E-state index < -0.39 is 0 Å². The molecule has 3 nitrogen and oxygen atoms in total. The van der Waals surface area contributed by atoms with E-state index in [1.807, 2.05) is 16.7 Å². The summed E-state index contributed by atoms with van der Waals surface area (Å²) in [6.45, 7) is 3.70. The summed E-state index contributed by atoms with van der Waals surface area (Å²) in [7, 11) is 0. The van der Waals surface area contributed by atoms with Gasteiger partial charge in [-0.2, -0.15) is 5.26 Å². The smallest absolute Gasteiger partial charge is 0.253 e. The van der Waals surface area contributed by atoms with Crippen molar-refractivity contribution in [3.63, 3.8) is 0 Å². The second-order valence-corrected chi connectivity index (χ2v) is 7.41.